The van der Waals surface area contributed by atoms with Gasteiger partial charge in [0.1, 0.15) is 6.10 Å². The summed E-state index contributed by atoms with van der Waals surface area (Å²) in [5, 5.41) is 62.7. The first-order valence-electron chi connectivity index (χ1n) is 24.8. The van der Waals surface area contributed by atoms with Gasteiger partial charge in [0.2, 0.25) is 0 Å². The van der Waals surface area contributed by atoms with Crippen molar-refractivity contribution in [2.45, 2.75) is 209 Å². The van der Waals surface area contributed by atoms with Gasteiger partial charge in [0.15, 0.2) is 0 Å². The van der Waals surface area contributed by atoms with Crippen LogP contribution in [0.1, 0.15) is 142 Å². The summed E-state index contributed by atoms with van der Waals surface area (Å²) in [6.45, 7) is 3.38. The van der Waals surface area contributed by atoms with Crippen LogP contribution in [0.5, 0.6) is 0 Å². The normalized spacial score (nSPS) is 48.8. The van der Waals surface area contributed by atoms with Crippen molar-refractivity contribution in [2.75, 3.05) is 34.0 Å². The molecule has 61 heavy (non-hydrogen) atoms. The van der Waals surface area contributed by atoms with Crippen molar-refractivity contribution in [3.8, 4) is 0 Å². The summed E-state index contributed by atoms with van der Waals surface area (Å²) >= 11 is 0. The number of piperidine rings is 2. The van der Waals surface area contributed by atoms with Gasteiger partial charge in [-0.05, 0) is 163 Å². The molecule has 8 rings (SSSR count). The molecule has 8 fully saturated rings. The second kappa shape index (κ2) is 19.5. The SMILES string of the molecule is COC1CC(CC[C@H]2C[C@H](O)[C@@H](CCO)[C@H](C3CC(OC)C(O)C(OC[C@H]4N[C@@H](C)C[C@@]56CCC[C@@H]5C5(CCCC5)C[C@H](C5CCNC(N)C5)[C@@]46CC(=O)O)C3)O2)CCC1O. The molecule has 0 amide bonds. The van der Waals surface area contributed by atoms with E-state index >= 15 is 0 Å². The zero-order valence-corrected chi connectivity index (χ0v) is 37.6. The van der Waals surface area contributed by atoms with Crippen molar-refractivity contribution < 1.29 is 49.3 Å². The van der Waals surface area contributed by atoms with Crippen LogP contribution < -0.4 is 16.4 Å². The summed E-state index contributed by atoms with van der Waals surface area (Å²) in [5.74, 6) is 0.356. The summed E-state index contributed by atoms with van der Waals surface area (Å²) in [6, 6.07) is -0.0130. The Labute approximate surface area is 365 Å². The van der Waals surface area contributed by atoms with E-state index in [1.165, 1.54) is 32.1 Å². The van der Waals surface area contributed by atoms with E-state index in [1.54, 1.807) is 14.2 Å². The van der Waals surface area contributed by atoms with E-state index in [-0.39, 0.29) is 78.2 Å². The number of fused-ring (bicyclic) bond motifs is 1. The summed E-state index contributed by atoms with van der Waals surface area (Å²) in [6.07, 6.45) is 14.9. The third kappa shape index (κ3) is 8.88. The molecule has 13 nitrogen and oxygen atoms in total. The first kappa shape index (κ1) is 46.6. The number of aliphatic hydroxyl groups excluding tert-OH is 4. The fourth-order valence-corrected chi connectivity index (χ4v) is 16.7. The zero-order chi connectivity index (χ0) is 43.1. The first-order valence-corrected chi connectivity index (χ1v) is 24.8. The predicted octanol–water partition coefficient (Wildman–Crippen LogP) is 4.49. The second-order valence-electron chi connectivity index (χ2n) is 21.9. The standard InChI is InChI=1S/C48H83N3O10/c1-28-24-47-16-6-7-40(47)46(14-4-5-15-46)25-34(30-12-17-50-42(49)22-30)48(47,26-43(55)56)41(51-28)27-60-39-21-31(20-38(59-3)44(39)57)45-33(13-18-52)36(54)23-32(61-45)10-8-29-9-11-35(53)37(19-29)58-2/h28-42,44-45,50-54,57H,4-27,49H2,1-3H3,(H,55,56)/t28-,29?,30?,31?,32-,33+,34+,35?,36-,37?,38?,39?,40+,41+,42?,44?,45-,47-,48-/m0/s1. The van der Waals surface area contributed by atoms with Crippen molar-refractivity contribution in [1.29, 1.82) is 0 Å². The highest BCUT2D eigenvalue weighted by molar-refractivity contribution is 5.68. The summed E-state index contributed by atoms with van der Waals surface area (Å²) in [7, 11) is 3.30. The average Bonchev–Trinajstić information content (AvgIpc) is 3.90. The molecule has 8 aliphatic rings. The molecule has 5 saturated carbocycles. The predicted molar refractivity (Wildman–Crippen MR) is 230 cm³/mol. The van der Waals surface area contributed by atoms with Gasteiger partial charge in [-0.3, -0.25) is 4.79 Å². The largest absolute Gasteiger partial charge is 0.481 e. The van der Waals surface area contributed by atoms with Gasteiger partial charge in [-0.1, -0.05) is 19.3 Å². The number of ether oxygens (including phenoxy) is 4. The third-order valence-corrected chi connectivity index (χ3v) is 19.0. The quantitative estimate of drug-likeness (QED) is 0.121. The molecule has 2 spiro atoms. The van der Waals surface area contributed by atoms with E-state index in [2.05, 4.69) is 17.6 Å². The number of rotatable bonds is 14. The Morgan fingerprint density at radius 1 is 0.836 bits per heavy atom. The van der Waals surface area contributed by atoms with Crippen molar-refractivity contribution in [2.24, 2.45) is 57.5 Å². The number of carboxylic acid groups (broad SMARTS) is 1. The van der Waals surface area contributed by atoms with Crippen LogP contribution in [0.3, 0.4) is 0 Å². The minimum Gasteiger partial charge on any atom is -0.481 e. The monoisotopic (exact) mass is 862 g/mol. The molecule has 13 heteroatoms. The molecule has 0 bridgehead atoms. The Hall–Kier alpha value is -0.970. The molecule has 0 aromatic rings. The number of carboxylic acids is 1. The van der Waals surface area contributed by atoms with E-state index in [4.69, 9.17) is 24.7 Å². The number of hydrogen-bond acceptors (Lipinski definition) is 12. The lowest BCUT2D eigenvalue weighted by molar-refractivity contribution is -0.235. The van der Waals surface area contributed by atoms with Gasteiger partial charge in [0, 0.05) is 44.2 Å². The van der Waals surface area contributed by atoms with Gasteiger partial charge < -0.3 is 60.8 Å². The van der Waals surface area contributed by atoms with E-state index in [9.17, 15) is 30.3 Å². The number of methoxy groups -OCH3 is 2. The highest BCUT2D eigenvalue weighted by Gasteiger charge is 2.73. The van der Waals surface area contributed by atoms with E-state index in [0.29, 0.717) is 50.0 Å². The van der Waals surface area contributed by atoms with Crippen molar-refractivity contribution in [3.63, 3.8) is 0 Å². The van der Waals surface area contributed by atoms with Crippen molar-refractivity contribution >= 4 is 5.97 Å². The molecular formula is C48H83N3O10. The highest BCUT2D eigenvalue weighted by Crippen LogP contribution is 2.77. The second-order valence-corrected chi connectivity index (χ2v) is 21.9. The fourth-order valence-electron chi connectivity index (χ4n) is 16.7. The molecule has 5 aliphatic carbocycles. The van der Waals surface area contributed by atoms with Gasteiger partial charge in [-0.15, -0.1) is 0 Å². The van der Waals surface area contributed by atoms with Crippen LogP contribution in [0.25, 0.3) is 0 Å². The van der Waals surface area contributed by atoms with E-state index in [1.807, 2.05) is 0 Å². The Kier molecular flexibility index (Phi) is 14.9. The van der Waals surface area contributed by atoms with Gasteiger partial charge in [-0.25, -0.2) is 0 Å². The minimum atomic E-state index is -0.881. The summed E-state index contributed by atoms with van der Waals surface area (Å²) in [4.78, 5) is 13.5. The Morgan fingerprint density at radius 2 is 1.61 bits per heavy atom. The Bertz CT molecular complexity index is 1450. The molecule has 9 N–H and O–H groups in total. The van der Waals surface area contributed by atoms with Crippen LogP contribution in [0.15, 0.2) is 0 Å². The molecule has 0 aromatic heterocycles. The molecular weight excluding hydrogens is 779 g/mol. The van der Waals surface area contributed by atoms with Crippen LogP contribution in [-0.2, 0) is 23.7 Å². The smallest absolute Gasteiger partial charge is 0.304 e. The zero-order valence-electron chi connectivity index (χ0n) is 37.6. The maximum Gasteiger partial charge on any atom is 0.304 e. The van der Waals surface area contributed by atoms with Crippen molar-refractivity contribution in [1.82, 2.24) is 10.6 Å². The van der Waals surface area contributed by atoms with E-state index in [0.717, 1.165) is 77.2 Å². The average molecular weight is 862 g/mol. The lowest BCUT2D eigenvalue weighted by atomic mass is 9.35. The lowest BCUT2D eigenvalue weighted by Crippen LogP contribution is -2.73. The Balaban J connectivity index is 1.06. The van der Waals surface area contributed by atoms with Crippen LogP contribution in [0.2, 0.25) is 0 Å². The van der Waals surface area contributed by atoms with Crippen molar-refractivity contribution in [3.05, 3.63) is 0 Å². The number of aliphatic hydroxyl groups is 4. The number of nitrogens with two attached hydrogens (primary N) is 1. The molecule has 3 saturated heterocycles. The molecule has 350 valence electrons. The number of hydrogen-bond donors (Lipinski definition) is 8. The number of nitrogens with one attached hydrogen (secondary N) is 2. The number of aliphatic carboxylic acids is 1. The van der Waals surface area contributed by atoms with Gasteiger partial charge >= 0.3 is 5.97 Å². The van der Waals surface area contributed by atoms with E-state index < -0.39 is 41.9 Å². The minimum absolute atomic E-state index is 0.0532. The summed E-state index contributed by atoms with van der Waals surface area (Å²) < 4.78 is 25.7. The van der Waals surface area contributed by atoms with Gasteiger partial charge in [0.05, 0.1) is 61.9 Å². The third-order valence-electron chi connectivity index (χ3n) is 19.0. The van der Waals surface area contributed by atoms with Crippen LogP contribution >= 0.6 is 0 Å². The van der Waals surface area contributed by atoms with Gasteiger partial charge in [0.25, 0.3) is 0 Å². The Morgan fingerprint density at radius 3 is 2.33 bits per heavy atom. The fraction of sp³-hybridized carbons (Fsp3) is 0.979. The molecule has 0 radical (unpaired) electrons. The lowest BCUT2D eigenvalue weighted by Gasteiger charge is -2.71. The van der Waals surface area contributed by atoms with Crippen LogP contribution in [-0.4, -0.2) is 133 Å². The number of carbonyl (C=O) groups is 1. The molecule has 3 heterocycles. The van der Waals surface area contributed by atoms with Crippen LogP contribution in [0.4, 0.5) is 0 Å². The maximum atomic E-state index is 13.5. The topological polar surface area (TPSA) is 205 Å². The molecule has 0 aromatic carbocycles. The molecule has 3 aliphatic heterocycles. The highest BCUT2D eigenvalue weighted by atomic mass is 16.5. The van der Waals surface area contributed by atoms with Crippen LogP contribution in [0, 0.1) is 51.8 Å². The maximum absolute atomic E-state index is 13.5. The molecule has 19 atom stereocenters. The van der Waals surface area contributed by atoms with Gasteiger partial charge in [-0.2, -0.15) is 0 Å². The first-order chi connectivity index (χ1) is 29.4. The molecule has 9 unspecified atom stereocenters. The summed E-state index contributed by atoms with van der Waals surface area (Å²) in [5.41, 5.74) is 6.29.